The van der Waals surface area contributed by atoms with Gasteiger partial charge in [-0.15, -0.1) is 0 Å². The number of piperazine rings is 1. The molecular formula is C15H23N5O. The van der Waals surface area contributed by atoms with Gasteiger partial charge in [-0.2, -0.15) is 0 Å². The van der Waals surface area contributed by atoms with Crippen LogP contribution in [0.25, 0.3) is 0 Å². The SMILES string of the molecule is CCC(N)C(c1cccnc1)N1CCN2C(=O)NCC2C1. The molecule has 2 saturated heterocycles. The predicted molar refractivity (Wildman–Crippen MR) is 80.7 cm³/mol. The van der Waals surface area contributed by atoms with E-state index in [0.29, 0.717) is 0 Å². The Balaban J connectivity index is 1.80. The number of nitrogens with one attached hydrogen (secondary N) is 1. The summed E-state index contributed by atoms with van der Waals surface area (Å²) in [4.78, 5) is 20.3. The van der Waals surface area contributed by atoms with Crippen molar-refractivity contribution in [2.24, 2.45) is 5.73 Å². The lowest BCUT2D eigenvalue weighted by Gasteiger charge is -2.42. The van der Waals surface area contributed by atoms with E-state index in [4.69, 9.17) is 5.73 Å². The van der Waals surface area contributed by atoms with Gasteiger partial charge in [0.15, 0.2) is 0 Å². The van der Waals surface area contributed by atoms with Crippen LogP contribution in [0.15, 0.2) is 24.5 Å². The average Bonchev–Trinajstić information content (AvgIpc) is 2.89. The lowest BCUT2D eigenvalue weighted by Crippen LogP contribution is -2.55. The normalized spacial score (nSPS) is 25.3. The maximum Gasteiger partial charge on any atom is 0.317 e. The summed E-state index contributed by atoms with van der Waals surface area (Å²) in [7, 11) is 0. The molecule has 3 atom stereocenters. The summed E-state index contributed by atoms with van der Waals surface area (Å²) in [5.41, 5.74) is 7.54. The largest absolute Gasteiger partial charge is 0.336 e. The summed E-state index contributed by atoms with van der Waals surface area (Å²) in [6, 6.07) is 4.62. The van der Waals surface area contributed by atoms with Gasteiger partial charge in [0.2, 0.25) is 0 Å². The Morgan fingerprint density at radius 3 is 3.10 bits per heavy atom. The van der Waals surface area contributed by atoms with E-state index >= 15 is 0 Å². The maximum atomic E-state index is 11.7. The highest BCUT2D eigenvalue weighted by Crippen LogP contribution is 2.28. The number of fused-ring (bicyclic) bond motifs is 1. The van der Waals surface area contributed by atoms with Gasteiger partial charge >= 0.3 is 6.03 Å². The number of pyridine rings is 1. The number of nitrogens with two attached hydrogens (primary N) is 1. The van der Waals surface area contributed by atoms with Crippen LogP contribution in [0.3, 0.4) is 0 Å². The van der Waals surface area contributed by atoms with Gasteiger partial charge in [0, 0.05) is 44.6 Å². The molecule has 3 heterocycles. The third-order valence-electron chi connectivity index (χ3n) is 4.56. The first-order valence-corrected chi connectivity index (χ1v) is 7.64. The van der Waals surface area contributed by atoms with Crippen molar-refractivity contribution < 1.29 is 4.79 Å². The molecule has 2 aliphatic heterocycles. The number of rotatable bonds is 4. The molecule has 0 aliphatic carbocycles. The summed E-state index contributed by atoms with van der Waals surface area (Å²) < 4.78 is 0. The molecule has 0 aromatic carbocycles. The van der Waals surface area contributed by atoms with Crippen molar-refractivity contribution >= 4 is 6.03 Å². The van der Waals surface area contributed by atoms with Crippen LogP contribution in [0, 0.1) is 0 Å². The molecule has 3 unspecified atom stereocenters. The predicted octanol–water partition coefficient (Wildman–Crippen LogP) is 0.569. The number of aromatic nitrogens is 1. The van der Waals surface area contributed by atoms with E-state index in [2.05, 4.69) is 28.2 Å². The number of hydrogen-bond acceptors (Lipinski definition) is 4. The number of carbonyl (C=O) groups is 1. The molecule has 114 valence electrons. The fourth-order valence-electron chi connectivity index (χ4n) is 3.38. The van der Waals surface area contributed by atoms with Crippen molar-refractivity contribution in [3.05, 3.63) is 30.1 Å². The van der Waals surface area contributed by atoms with E-state index in [0.717, 1.165) is 38.2 Å². The second-order valence-electron chi connectivity index (χ2n) is 5.83. The van der Waals surface area contributed by atoms with Crippen LogP contribution in [0.2, 0.25) is 0 Å². The van der Waals surface area contributed by atoms with Crippen LogP contribution in [-0.4, -0.2) is 59.1 Å². The van der Waals surface area contributed by atoms with Gasteiger partial charge < -0.3 is 16.0 Å². The van der Waals surface area contributed by atoms with E-state index in [-0.39, 0.29) is 24.2 Å². The van der Waals surface area contributed by atoms with Crippen molar-refractivity contribution in [2.75, 3.05) is 26.2 Å². The highest BCUT2D eigenvalue weighted by Gasteiger charge is 2.38. The lowest BCUT2D eigenvalue weighted by atomic mass is 9.96. The summed E-state index contributed by atoms with van der Waals surface area (Å²) in [6.45, 7) is 5.34. The molecule has 3 N–H and O–H groups in total. The minimum atomic E-state index is 0.0670. The minimum absolute atomic E-state index is 0.0670. The van der Waals surface area contributed by atoms with Crippen molar-refractivity contribution in [3.8, 4) is 0 Å². The summed E-state index contributed by atoms with van der Waals surface area (Å²) in [5.74, 6) is 0. The van der Waals surface area contributed by atoms with E-state index < -0.39 is 0 Å². The Hall–Kier alpha value is -1.66. The summed E-state index contributed by atoms with van der Waals surface area (Å²) >= 11 is 0. The molecule has 21 heavy (non-hydrogen) atoms. The number of nitrogens with zero attached hydrogens (tertiary/aromatic N) is 3. The van der Waals surface area contributed by atoms with Crippen molar-refractivity contribution in [1.82, 2.24) is 20.1 Å². The molecule has 1 aromatic rings. The molecule has 0 saturated carbocycles. The minimum Gasteiger partial charge on any atom is -0.336 e. The molecule has 0 spiro atoms. The first kappa shape index (κ1) is 14.3. The monoisotopic (exact) mass is 289 g/mol. The van der Waals surface area contributed by atoms with Crippen molar-refractivity contribution in [2.45, 2.75) is 31.5 Å². The fraction of sp³-hybridized carbons (Fsp3) is 0.600. The van der Waals surface area contributed by atoms with Crippen LogP contribution in [-0.2, 0) is 0 Å². The van der Waals surface area contributed by atoms with E-state index in [1.165, 1.54) is 0 Å². The Labute approximate surface area is 125 Å². The van der Waals surface area contributed by atoms with Crippen LogP contribution in [0.1, 0.15) is 24.9 Å². The Morgan fingerprint density at radius 1 is 1.52 bits per heavy atom. The highest BCUT2D eigenvalue weighted by atomic mass is 16.2. The van der Waals surface area contributed by atoms with Crippen molar-refractivity contribution in [1.29, 1.82) is 0 Å². The molecule has 6 nitrogen and oxygen atoms in total. The number of urea groups is 1. The molecule has 6 heteroatoms. The van der Waals surface area contributed by atoms with Gasteiger partial charge in [0.1, 0.15) is 0 Å². The third-order valence-corrected chi connectivity index (χ3v) is 4.56. The Morgan fingerprint density at radius 2 is 2.38 bits per heavy atom. The zero-order valence-corrected chi connectivity index (χ0v) is 12.4. The molecule has 2 aliphatic rings. The second kappa shape index (κ2) is 5.99. The van der Waals surface area contributed by atoms with Gasteiger partial charge in [0.25, 0.3) is 0 Å². The Bertz CT molecular complexity index is 494. The van der Waals surface area contributed by atoms with Crippen LogP contribution in [0.5, 0.6) is 0 Å². The number of carbonyl (C=O) groups excluding carboxylic acids is 1. The number of hydrogen-bond donors (Lipinski definition) is 2. The molecule has 2 fully saturated rings. The van der Waals surface area contributed by atoms with Gasteiger partial charge in [-0.3, -0.25) is 9.88 Å². The van der Waals surface area contributed by atoms with Crippen LogP contribution >= 0.6 is 0 Å². The highest BCUT2D eigenvalue weighted by molar-refractivity contribution is 5.77. The van der Waals surface area contributed by atoms with Gasteiger partial charge in [0.05, 0.1) is 12.1 Å². The summed E-state index contributed by atoms with van der Waals surface area (Å²) in [5, 5.41) is 2.92. The van der Waals surface area contributed by atoms with Gasteiger partial charge in [-0.25, -0.2) is 4.79 Å². The quantitative estimate of drug-likeness (QED) is 0.850. The average molecular weight is 289 g/mol. The topological polar surface area (TPSA) is 74.5 Å². The van der Waals surface area contributed by atoms with Crippen LogP contribution < -0.4 is 11.1 Å². The molecular weight excluding hydrogens is 266 g/mol. The van der Waals surface area contributed by atoms with Crippen LogP contribution in [0.4, 0.5) is 4.79 Å². The van der Waals surface area contributed by atoms with Gasteiger partial charge in [-0.05, 0) is 18.1 Å². The lowest BCUT2D eigenvalue weighted by molar-refractivity contribution is 0.0764. The molecule has 0 bridgehead atoms. The maximum absolute atomic E-state index is 11.7. The van der Waals surface area contributed by atoms with E-state index in [1.807, 2.05) is 17.2 Å². The molecule has 0 radical (unpaired) electrons. The molecule has 1 aromatic heterocycles. The zero-order chi connectivity index (χ0) is 14.8. The van der Waals surface area contributed by atoms with E-state index in [9.17, 15) is 4.79 Å². The van der Waals surface area contributed by atoms with Crippen molar-refractivity contribution in [3.63, 3.8) is 0 Å². The number of amides is 2. The van der Waals surface area contributed by atoms with Gasteiger partial charge in [-0.1, -0.05) is 13.0 Å². The fourth-order valence-corrected chi connectivity index (χ4v) is 3.38. The summed E-state index contributed by atoms with van der Waals surface area (Å²) in [6.07, 6.45) is 4.61. The molecule has 2 amide bonds. The zero-order valence-electron chi connectivity index (χ0n) is 12.4. The first-order valence-electron chi connectivity index (χ1n) is 7.64. The molecule has 3 rings (SSSR count). The Kier molecular flexibility index (Phi) is 4.07. The first-order chi connectivity index (χ1) is 10.2. The van der Waals surface area contributed by atoms with E-state index in [1.54, 1.807) is 6.20 Å². The smallest absolute Gasteiger partial charge is 0.317 e. The second-order valence-corrected chi connectivity index (χ2v) is 5.83. The standard InChI is InChI=1S/C15H23N5O/c1-2-13(16)14(11-4-3-5-17-8-11)19-6-7-20-12(10-19)9-18-15(20)21/h3-5,8,12-14H,2,6-7,9-10,16H2,1H3,(H,18,21). The third kappa shape index (κ3) is 2.73.